The molecular formula is C27H39F3N2O7. The molecule has 3 rings (SSSR count). The molecule has 1 saturated heterocycles. The Morgan fingerprint density at radius 1 is 0.923 bits per heavy atom. The van der Waals surface area contributed by atoms with Crippen molar-refractivity contribution in [2.24, 2.45) is 0 Å². The van der Waals surface area contributed by atoms with Gasteiger partial charge in [0, 0.05) is 26.2 Å². The van der Waals surface area contributed by atoms with Gasteiger partial charge in [0.15, 0.2) is 11.5 Å². The first kappa shape index (κ1) is 30.8. The molecule has 1 fully saturated rings. The van der Waals surface area contributed by atoms with Crippen molar-refractivity contribution in [2.45, 2.75) is 57.2 Å². The molecule has 220 valence electrons. The molecule has 1 aromatic carbocycles. The van der Waals surface area contributed by atoms with Crippen LogP contribution in [0.5, 0.6) is 17.2 Å². The maximum Gasteiger partial charge on any atom is 0.389 e. The second-order valence-electron chi connectivity index (χ2n) is 9.74. The lowest BCUT2D eigenvalue weighted by atomic mass is 10.1. The van der Waals surface area contributed by atoms with Gasteiger partial charge in [-0.25, -0.2) is 4.79 Å². The summed E-state index contributed by atoms with van der Waals surface area (Å²) < 4.78 is 65.5. The minimum atomic E-state index is -4.41. The molecule has 0 N–H and O–H groups in total. The van der Waals surface area contributed by atoms with Crippen molar-refractivity contribution in [1.82, 2.24) is 9.80 Å². The van der Waals surface area contributed by atoms with Gasteiger partial charge in [-0.05, 0) is 57.3 Å². The van der Waals surface area contributed by atoms with Crippen LogP contribution in [0.25, 0.3) is 0 Å². The number of nitrogens with zero attached hydrogens (tertiary/aromatic N) is 2. The minimum absolute atomic E-state index is 0.202. The summed E-state index contributed by atoms with van der Waals surface area (Å²) in [5, 5.41) is 0. The number of benzene rings is 1. The van der Waals surface area contributed by atoms with Crippen molar-refractivity contribution in [1.29, 1.82) is 0 Å². The Hall–Kier alpha value is -2.73. The first-order valence-corrected chi connectivity index (χ1v) is 13.5. The zero-order valence-corrected chi connectivity index (χ0v) is 22.7. The zero-order valence-electron chi connectivity index (χ0n) is 22.7. The SMILES string of the molecule is COc1cc2cc(c1OC)OCCCC(OC(=O)CCC(F)(F)F)CCN1CCCN(CCCOC2=O)CC1. The number of rotatable bonds is 5. The Kier molecular flexibility index (Phi) is 12.0. The molecule has 1 aromatic rings. The quantitative estimate of drug-likeness (QED) is 0.495. The molecule has 12 heteroatoms. The van der Waals surface area contributed by atoms with E-state index in [4.69, 9.17) is 23.7 Å². The maximum atomic E-state index is 12.7. The van der Waals surface area contributed by atoms with Crippen LogP contribution < -0.4 is 14.2 Å². The number of hydrogen-bond acceptors (Lipinski definition) is 9. The summed E-state index contributed by atoms with van der Waals surface area (Å²) in [5.41, 5.74) is 0.266. The summed E-state index contributed by atoms with van der Waals surface area (Å²) in [6.45, 7) is 5.46. The van der Waals surface area contributed by atoms with Crippen molar-refractivity contribution in [3.05, 3.63) is 17.7 Å². The standard InChI is InChI=1S/C27H39F3N2O7/c1-35-22-18-20-19-23(25(22)36-2)37-16-3-6-21(39-24(33)7-9-27(28,29)30)8-13-32-11-4-10-31(14-15-32)12-5-17-38-26(20)34/h18-19,21H,3-17H2,1-2H3. The highest BCUT2D eigenvalue weighted by molar-refractivity contribution is 5.91. The van der Waals surface area contributed by atoms with Crippen LogP contribution in [-0.2, 0) is 14.3 Å². The molecule has 2 aliphatic heterocycles. The third-order valence-electron chi connectivity index (χ3n) is 6.82. The van der Waals surface area contributed by atoms with Gasteiger partial charge < -0.3 is 33.5 Å². The first-order valence-electron chi connectivity index (χ1n) is 13.5. The molecule has 0 aromatic heterocycles. The van der Waals surface area contributed by atoms with E-state index in [-0.39, 0.29) is 18.8 Å². The van der Waals surface area contributed by atoms with E-state index in [0.29, 0.717) is 49.5 Å². The van der Waals surface area contributed by atoms with Gasteiger partial charge in [0.1, 0.15) is 6.10 Å². The Balaban J connectivity index is 1.74. The number of halogens is 3. The summed E-state index contributed by atoms with van der Waals surface area (Å²) in [5.74, 6) is -0.406. The summed E-state index contributed by atoms with van der Waals surface area (Å²) >= 11 is 0. The predicted molar refractivity (Wildman–Crippen MR) is 136 cm³/mol. The lowest BCUT2D eigenvalue weighted by Crippen LogP contribution is -2.34. The van der Waals surface area contributed by atoms with Gasteiger partial charge in [0.2, 0.25) is 5.75 Å². The highest BCUT2D eigenvalue weighted by atomic mass is 19.4. The van der Waals surface area contributed by atoms with Crippen LogP contribution in [0.3, 0.4) is 0 Å². The summed E-state index contributed by atoms with van der Waals surface area (Å²) in [7, 11) is 2.92. The Bertz CT molecular complexity index is 945. The van der Waals surface area contributed by atoms with E-state index >= 15 is 0 Å². The smallest absolute Gasteiger partial charge is 0.389 e. The minimum Gasteiger partial charge on any atom is -0.493 e. The first-order chi connectivity index (χ1) is 18.7. The average molecular weight is 561 g/mol. The van der Waals surface area contributed by atoms with Crippen LogP contribution in [-0.4, -0.2) is 101 Å². The second kappa shape index (κ2) is 15.2. The van der Waals surface area contributed by atoms with Crippen LogP contribution >= 0.6 is 0 Å². The van der Waals surface area contributed by atoms with Gasteiger partial charge in [-0.3, -0.25) is 4.79 Å². The van der Waals surface area contributed by atoms with Gasteiger partial charge in [-0.1, -0.05) is 0 Å². The molecule has 0 amide bonds. The summed E-state index contributed by atoms with van der Waals surface area (Å²) in [6.07, 6.45) is -3.79. The predicted octanol–water partition coefficient (Wildman–Crippen LogP) is 4.08. The monoisotopic (exact) mass is 560 g/mol. The largest absolute Gasteiger partial charge is 0.493 e. The van der Waals surface area contributed by atoms with Crippen LogP contribution in [0.2, 0.25) is 0 Å². The van der Waals surface area contributed by atoms with Crippen molar-refractivity contribution in [2.75, 3.05) is 66.7 Å². The third-order valence-corrected chi connectivity index (χ3v) is 6.82. The number of alkyl halides is 3. The van der Waals surface area contributed by atoms with Crippen LogP contribution in [0, 0.1) is 0 Å². The molecule has 39 heavy (non-hydrogen) atoms. The number of methoxy groups -OCH3 is 2. The van der Waals surface area contributed by atoms with Crippen molar-refractivity contribution < 1.29 is 46.4 Å². The molecule has 2 heterocycles. The highest BCUT2D eigenvalue weighted by Crippen LogP contribution is 2.39. The van der Waals surface area contributed by atoms with E-state index in [2.05, 4.69) is 9.80 Å². The molecule has 0 radical (unpaired) electrons. The van der Waals surface area contributed by atoms with Gasteiger partial charge >= 0.3 is 18.1 Å². The van der Waals surface area contributed by atoms with Crippen molar-refractivity contribution in [3.8, 4) is 17.2 Å². The molecular weight excluding hydrogens is 521 g/mol. The van der Waals surface area contributed by atoms with Crippen LogP contribution in [0.1, 0.15) is 55.3 Å². The fraction of sp³-hybridized carbons (Fsp3) is 0.704. The van der Waals surface area contributed by atoms with E-state index in [1.807, 2.05) is 0 Å². The van der Waals surface area contributed by atoms with E-state index in [9.17, 15) is 22.8 Å². The fourth-order valence-electron chi connectivity index (χ4n) is 4.73. The van der Waals surface area contributed by atoms with E-state index in [1.165, 1.54) is 26.4 Å². The molecule has 2 aliphatic rings. The normalized spacial score (nSPS) is 23.7. The zero-order chi connectivity index (χ0) is 28.3. The molecule has 3 atom stereocenters. The van der Waals surface area contributed by atoms with Crippen LogP contribution in [0.4, 0.5) is 13.2 Å². The van der Waals surface area contributed by atoms with E-state index in [1.54, 1.807) is 0 Å². The third kappa shape index (κ3) is 10.4. The number of cyclic esters (lactones) is 1. The number of carbonyl (C=O) groups excluding carboxylic acids is 2. The number of hydrogen-bond donors (Lipinski definition) is 0. The molecule has 4 bridgehead atoms. The van der Waals surface area contributed by atoms with Gasteiger partial charge in [-0.15, -0.1) is 0 Å². The molecule has 9 nitrogen and oxygen atoms in total. The Morgan fingerprint density at radius 3 is 2.31 bits per heavy atom. The average Bonchev–Trinajstić information content (AvgIpc) is 3.14. The molecule has 0 saturated carbocycles. The molecule has 0 spiro atoms. The maximum absolute atomic E-state index is 12.7. The molecule has 3 unspecified atom stereocenters. The van der Waals surface area contributed by atoms with Crippen molar-refractivity contribution in [3.63, 3.8) is 0 Å². The lowest BCUT2D eigenvalue weighted by Gasteiger charge is -2.24. The Morgan fingerprint density at radius 2 is 1.62 bits per heavy atom. The number of ether oxygens (including phenoxy) is 5. The Labute approximate surface area is 227 Å². The fourth-order valence-corrected chi connectivity index (χ4v) is 4.73. The number of carbonyl (C=O) groups is 2. The topological polar surface area (TPSA) is 86.8 Å². The van der Waals surface area contributed by atoms with E-state index < -0.39 is 37.1 Å². The second-order valence-corrected chi connectivity index (χ2v) is 9.74. The number of fused-ring (bicyclic) bond motifs is 5. The van der Waals surface area contributed by atoms with Crippen LogP contribution in [0.15, 0.2) is 12.1 Å². The van der Waals surface area contributed by atoms with Gasteiger partial charge in [0.05, 0.1) is 45.8 Å². The van der Waals surface area contributed by atoms with Crippen molar-refractivity contribution >= 4 is 11.9 Å². The lowest BCUT2D eigenvalue weighted by molar-refractivity contribution is -0.161. The van der Waals surface area contributed by atoms with Gasteiger partial charge in [-0.2, -0.15) is 13.2 Å². The summed E-state index contributed by atoms with van der Waals surface area (Å²) in [4.78, 5) is 29.6. The summed E-state index contributed by atoms with van der Waals surface area (Å²) in [6, 6.07) is 3.07. The van der Waals surface area contributed by atoms with E-state index in [0.717, 1.165) is 39.1 Å². The number of esters is 2. The van der Waals surface area contributed by atoms with Gasteiger partial charge in [0.25, 0.3) is 0 Å². The highest BCUT2D eigenvalue weighted by Gasteiger charge is 2.29. The molecule has 0 aliphatic carbocycles.